The highest BCUT2D eigenvalue weighted by Crippen LogP contribution is 2.12. The van der Waals surface area contributed by atoms with Crippen LogP contribution in [0.15, 0.2) is 18.3 Å². The number of quaternary nitrogens is 1. The van der Waals surface area contributed by atoms with Crippen molar-refractivity contribution in [3.63, 3.8) is 0 Å². The van der Waals surface area contributed by atoms with E-state index in [-0.39, 0.29) is 0 Å². The third-order valence-corrected chi connectivity index (χ3v) is 1.77. The molecule has 3 heteroatoms. The molecule has 0 saturated carbocycles. The van der Waals surface area contributed by atoms with E-state index in [4.69, 9.17) is 4.74 Å². The van der Waals surface area contributed by atoms with E-state index in [9.17, 15) is 0 Å². The van der Waals surface area contributed by atoms with E-state index in [0.29, 0.717) is 0 Å². The van der Waals surface area contributed by atoms with Gasteiger partial charge >= 0.3 is 0 Å². The minimum absolute atomic E-state index is 0.768. The average Bonchev–Trinajstić information content (AvgIpc) is 2.28. The molecule has 0 saturated heterocycles. The van der Waals surface area contributed by atoms with E-state index in [0.717, 1.165) is 25.6 Å². The van der Waals surface area contributed by atoms with Crippen LogP contribution in [-0.2, 0) is 6.54 Å². The molecule has 1 aromatic rings. The molecule has 0 radical (unpaired) electrons. The zero-order valence-corrected chi connectivity index (χ0v) is 6.29. The Bertz CT molecular complexity index is 225. The van der Waals surface area contributed by atoms with E-state index in [1.165, 1.54) is 5.56 Å². The van der Waals surface area contributed by atoms with Crippen molar-refractivity contribution in [1.29, 1.82) is 0 Å². The first-order valence-corrected chi connectivity index (χ1v) is 3.85. The summed E-state index contributed by atoms with van der Waals surface area (Å²) in [6.07, 6.45) is 1.77. The second-order valence-corrected chi connectivity index (χ2v) is 2.60. The van der Waals surface area contributed by atoms with Crippen molar-refractivity contribution < 1.29 is 10.1 Å². The van der Waals surface area contributed by atoms with Gasteiger partial charge in [-0.2, -0.15) is 0 Å². The first-order valence-electron chi connectivity index (χ1n) is 3.85. The van der Waals surface area contributed by atoms with Crippen molar-refractivity contribution in [1.82, 2.24) is 4.98 Å². The molecule has 0 atom stereocenters. The lowest BCUT2D eigenvalue weighted by Gasteiger charge is -2.00. The summed E-state index contributed by atoms with van der Waals surface area (Å²) in [5, 5.41) is 2.23. The molecule has 58 valence electrons. The Balaban J connectivity index is 2.33. The Hall–Kier alpha value is -1.09. The first-order chi connectivity index (χ1) is 5.47. The van der Waals surface area contributed by atoms with Gasteiger partial charge in [-0.3, -0.25) is 0 Å². The Labute approximate surface area is 65.4 Å². The summed E-state index contributed by atoms with van der Waals surface area (Å²) in [6, 6.07) is 4.01. The number of hydrogen-bond acceptors (Lipinski definition) is 2. The Morgan fingerprint density at radius 3 is 3.55 bits per heavy atom. The van der Waals surface area contributed by atoms with Crippen LogP contribution in [0.5, 0.6) is 5.88 Å². The maximum absolute atomic E-state index is 5.41. The molecule has 2 N–H and O–H groups in total. The minimum Gasteiger partial charge on any atom is -0.471 e. The average molecular weight is 151 g/mol. The predicted octanol–water partition coefficient (Wildman–Crippen LogP) is -0.463. The zero-order chi connectivity index (χ0) is 7.52. The molecular weight excluding hydrogens is 140 g/mol. The van der Waals surface area contributed by atoms with Crippen LogP contribution >= 0.6 is 0 Å². The lowest BCUT2D eigenvalue weighted by atomic mass is 10.3. The van der Waals surface area contributed by atoms with Gasteiger partial charge < -0.3 is 10.1 Å². The molecule has 0 bridgehead atoms. The summed E-state index contributed by atoms with van der Waals surface area (Å²) in [5.74, 6) is 0.807. The second kappa shape index (κ2) is 2.88. The van der Waals surface area contributed by atoms with Gasteiger partial charge in [0.1, 0.15) is 19.7 Å². The fraction of sp³-hybridized carbons (Fsp3) is 0.375. The maximum atomic E-state index is 5.41. The predicted molar refractivity (Wildman–Crippen MR) is 40.2 cm³/mol. The summed E-state index contributed by atoms with van der Waals surface area (Å²) in [4.78, 5) is 4.14. The summed E-state index contributed by atoms with van der Waals surface area (Å²) in [6.45, 7) is 2.78. The topological polar surface area (TPSA) is 38.7 Å². The highest BCUT2D eigenvalue weighted by molar-refractivity contribution is 5.24. The normalized spacial score (nSPS) is 16.4. The van der Waals surface area contributed by atoms with Crippen LogP contribution in [0.3, 0.4) is 0 Å². The van der Waals surface area contributed by atoms with E-state index in [1.807, 2.05) is 6.07 Å². The molecule has 1 aliphatic heterocycles. The van der Waals surface area contributed by atoms with Gasteiger partial charge in [-0.25, -0.2) is 4.98 Å². The molecule has 1 aliphatic rings. The van der Waals surface area contributed by atoms with Gasteiger partial charge in [0.2, 0.25) is 5.88 Å². The van der Waals surface area contributed by atoms with Gasteiger partial charge in [-0.15, -0.1) is 0 Å². The number of nitrogens with two attached hydrogens (primary N) is 1. The molecule has 0 unspecified atom stereocenters. The van der Waals surface area contributed by atoms with Crippen LogP contribution < -0.4 is 10.1 Å². The van der Waals surface area contributed by atoms with E-state index < -0.39 is 0 Å². The molecule has 0 fully saturated rings. The molecule has 0 aromatic carbocycles. The molecule has 11 heavy (non-hydrogen) atoms. The Morgan fingerprint density at radius 1 is 1.55 bits per heavy atom. The Morgan fingerprint density at radius 2 is 2.55 bits per heavy atom. The standard InChI is InChI=1S/C8H10N2O/c1-2-7-6-9-4-5-11-8(7)10-3-1/h1-3,9H,4-6H2/p+1. The van der Waals surface area contributed by atoms with Crippen LogP contribution in [-0.4, -0.2) is 18.1 Å². The van der Waals surface area contributed by atoms with Crippen LogP contribution in [0.4, 0.5) is 0 Å². The monoisotopic (exact) mass is 151 g/mol. The number of ether oxygens (including phenoxy) is 1. The number of nitrogens with zero attached hydrogens (tertiary/aromatic N) is 1. The van der Waals surface area contributed by atoms with Crippen molar-refractivity contribution in [2.75, 3.05) is 13.2 Å². The highest BCUT2D eigenvalue weighted by atomic mass is 16.5. The quantitative estimate of drug-likeness (QED) is 0.545. The number of aromatic nitrogens is 1. The summed E-state index contributed by atoms with van der Waals surface area (Å²) in [7, 11) is 0. The van der Waals surface area contributed by atoms with Crippen LogP contribution in [0, 0.1) is 0 Å². The molecule has 0 aliphatic carbocycles. The molecule has 2 rings (SSSR count). The van der Waals surface area contributed by atoms with Crippen LogP contribution in [0.2, 0.25) is 0 Å². The van der Waals surface area contributed by atoms with Crippen molar-refractivity contribution in [2.45, 2.75) is 6.54 Å². The second-order valence-electron chi connectivity index (χ2n) is 2.60. The molecule has 0 spiro atoms. The van der Waals surface area contributed by atoms with Crippen LogP contribution in [0.25, 0.3) is 0 Å². The largest absolute Gasteiger partial charge is 0.471 e. The Kier molecular flexibility index (Phi) is 1.73. The van der Waals surface area contributed by atoms with Gasteiger partial charge in [0, 0.05) is 6.20 Å². The van der Waals surface area contributed by atoms with Crippen molar-refractivity contribution in [3.8, 4) is 5.88 Å². The third kappa shape index (κ3) is 1.33. The maximum Gasteiger partial charge on any atom is 0.222 e. The number of hydrogen-bond donors (Lipinski definition) is 1. The fourth-order valence-electron chi connectivity index (χ4n) is 1.21. The van der Waals surface area contributed by atoms with E-state index in [2.05, 4.69) is 16.4 Å². The van der Waals surface area contributed by atoms with Crippen molar-refractivity contribution in [2.24, 2.45) is 0 Å². The molecule has 1 aromatic heterocycles. The van der Waals surface area contributed by atoms with Crippen molar-refractivity contribution in [3.05, 3.63) is 23.9 Å². The molecular formula is C8H11N2O+. The lowest BCUT2D eigenvalue weighted by Crippen LogP contribution is -2.83. The molecule has 3 nitrogen and oxygen atoms in total. The number of fused-ring (bicyclic) bond motifs is 1. The number of rotatable bonds is 0. The van der Waals surface area contributed by atoms with Gasteiger partial charge in [0.15, 0.2) is 0 Å². The van der Waals surface area contributed by atoms with Crippen molar-refractivity contribution >= 4 is 0 Å². The highest BCUT2D eigenvalue weighted by Gasteiger charge is 2.09. The van der Waals surface area contributed by atoms with Gasteiger partial charge in [0.05, 0.1) is 5.56 Å². The van der Waals surface area contributed by atoms with Gasteiger partial charge in [0.25, 0.3) is 0 Å². The minimum atomic E-state index is 0.768. The summed E-state index contributed by atoms with van der Waals surface area (Å²) >= 11 is 0. The van der Waals surface area contributed by atoms with Gasteiger partial charge in [-0.05, 0) is 12.1 Å². The summed E-state index contributed by atoms with van der Waals surface area (Å²) in [5.41, 5.74) is 1.20. The molecule has 2 heterocycles. The van der Waals surface area contributed by atoms with E-state index >= 15 is 0 Å². The fourth-order valence-corrected chi connectivity index (χ4v) is 1.21. The number of pyridine rings is 1. The van der Waals surface area contributed by atoms with Crippen LogP contribution in [0.1, 0.15) is 5.56 Å². The third-order valence-electron chi connectivity index (χ3n) is 1.77. The zero-order valence-electron chi connectivity index (χ0n) is 6.29. The first kappa shape index (κ1) is 6.61. The SMILES string of the molecule is c1cnc2c(c1)C[NH2+]CCO2. The van der Waals surface area contributed by atoms with E-state index in [1.54, 1.807) is 6.20 Å². The van der Waals surface area contributed by atoms with Gasteiger partial charge in [-0.1, -0.05) is 0 Å². The lowest BCUT2D eigenvalue weighted by molar-refractivity contribution is -0.669. The molecule has 0 amide bonds. The summed E-state index contributed by atoms with van der Waals surface area (Å²) < 4.78 is 5.41. The smallest absolute Gasteiger partial charge is 0.222 e.